The third-order valence-electron chi connectivity index (χ3n) is 0.860. The van der Waals surface area contributed by atoms with Gasteiger partial charge in [0, 0.05) is 0 Å². The third kappa shape index (κ3) is 1.35. The first kappa shape index (κ1) is 5.94. The Kier molecular flexibility index (Phi) is 1.58. The van der Waals surface area contributed by atoms with Crippen LogP contribution < -0.4 is 0 Å². The monoisotopic (exact) mass is 130 g/mol. The maximum absolute atomic E-state index is 10.1. The summed E-state index contributed by atoms with van der Waals surface area (Å²) in [7, 11) is 0. The number of carboxylic acid groups (broad SMARTS) is 1. The van der Waals surface area contributed by atoms with Crippen LogP contribution >= 0.6 is 0 Å². The van der Waals surface area contributed by atoms with Crippen LogP contribution in [0.4, 0.5) is 0 Å². The van der Waals surface area contributed by atoms with Crippen molar-refractivity contribution >= 4 is 5.97 Å². The van der Waals surface area contributed by atoms with E-state index in [9.17, 15) is 4.79 Å². The fourth-order valence-electron chi connectivity index (χ4n) is 0.481. The lowest BCUT2D eigenvalue weighted by atomic mass is 10.5. The Morgan fingerprint density at radius 3 is 2.78 bits per heavy atom. The highest BCUT2D eigenvalue weighted by atomic mass is 16.6. The number of aliphatic carboxylic acids is 1. The second-order valence-corrected chi connectivity index (χ2v) is 1.51. The summed E-state index contributed by atoms with van der Waals surface area (Å²) in [6.07, 6.45) is 1.10. The van der Waals surface area contributed by atoms with Crippen molar-refractivity contribution < 1.29 is 19.4 Å². The van der Waals surface area contributed by atoms with Crippen molar-refractivity contribution in [1.82, 2.24) is 0 Å². The molecule has 0 aliphatic carbocycles. The van der Waals surface area contributed by atoms with Crippen LogP contribution in [-0.2, 0) is 14.3 Å². The fourth-order valence-corrected chi connectivity index (χ4v) is 0.481. The van der Waals surface area contributed by atoms with Crippen LogP contribution in [0.15, 0.2) is 12.0 Å². The van der Waals surface area contributed by atoms with E-state index in [4.69, 9.17) is 5.11 Å². The lowest BCUT2D eigenvalue weighted by Gasteiger charge is -2.11. The highest BCUT2D eigenvalue weighted by Crippen LogP contribution is 2.02. The highest BCUT2D eigenvalue weighted by Gasteiger charge is 2.11. The molecule has 4 heteroatoms. The Bertz CT molecular complexity index is 149. The van der Waals surface area contributed by atoms with E-state index in [0.717, 1.165) is 6.26 Å². The molecule has 50 valence electrons. The van der Waals surface area contributed by atoms with Gasteiger partial charge in [-0.2, -0.15) is 0 Å². The molecule has 1 heterocycles. The van der Waals surface area contributed by atoms with Crippen LogP contribution in [0.25, 0.3) is 0 Å². The van der Waals surface area contributed by atoms with Crippen LogP contribution in [0.1, 0.15) is 0 Å². The van der Waals surface area contributed by atoms with E-state index in [1.165, 1.54) is 0 Å². The van der Waals surface area contributed by atoms with Crippen LogP contribution in [0.3, 0.4) is 0 Å². The molecule has 0 radical (unpaired) electrons. The van der Waals surface area contributed by atoms with Gasteiger partial charge in [-0.15, -0.1) is 0 Å². The van der Waals surface area contributed by atoms with E-state index in [-0.39, 0.29) is 5.76 Å². The fraction of sp³-hybridized carbons (Fsp3) is 0.400. The number of carboxylic acids is 1. The first-order valence-corrected chi connectivity index (χ1v) is 2.48. The normalized spacial score (nSPS) is 17.1. The van der Waals surface area contributed by atoms with Crippen LogP contribution in [0, 0.1) is 0 Å². The van der Waals surface area contributed by atoms with E-state index in [2.05, 4.69) is 9.47 Å². The highest BCUT2D eigenvalue weighted by molar-refractivity contribution is 5.83. The molecular weight excluding hydrogens is 124 g/mol. The van der Waals surface area contributed by atoms with E-state index in [1.54, 1.807) is 0 Å². The molecule has 0 fully saturated rings. The minimum atomic E-state index is -1.09. The number of hydrogen-bond acceptors (Lipinski definition) is 3. The van der Waals surface area contributed by atoms with Gasteiger partial charge in [-0.25, -0.2) is 4.79 Å². The van der Waals surface area contributed by atoms with Crippen molar-refractivity contribution in [3.63, 3.8) is 0 Å². The largest absolute Gasteiger partial charge is 0.493 e. The molecule has 1 aliphatic heterocycles. The topological polar surface area (TPSA) is 55.8 Å². The zero-order valence-corrected chi connectivity index (χ0v) is 4.66. The number of hydrogen-bond donors (Lipinski definition) is 1. The maximum Gasteiger partial charge on any atom is 0.374 e. The van der Waals surface area contributed by atoms with Gasteiger partial charge < -0.3 is 14.6 Å². The van der Waals surface area contributed by atoms with E-state index >= 15 is 0 Å². The Morgan fingerprint density at radius 1 is 1.67 bits per heavy atom. The SMILES string of the molecule is O=C(O)C1=COCCO1. The first-order valence-electron chi connectivity index (χ1n) is 2.48. The minimum Gasteiger partial charge on any atom is -0.493 e. The Morgan fingerprint density at radius 2 is 2.44 bits per heavy atom. The molecule has 9 heavy (non-hydrogen) atoms. The van der Waals surface area contributed by atoms with E-state index < -0.39 is 5.97 Å². The lowest BCUT2D eigenvalue weighted by molar-refractivity contribution is -0.138. The summed E-state index contributed by atoms with van der Waals surface area (Å²) >= 11 is 0. The molecule has 0 saturated carbocycles. The molecule has 4 nitrogen and oxygen atoms in total. The number of rotatable bonds is 1. The van der Waals surface area contributed by atoms with Gasteiger partial charge >= 0.3 is 5.97 Å². The Hall–Kier alpha value is -1.19. The summed E-state index contributed by atoms with van der Waals surface area (Å²) in [4.78, 5) is 10.1. The van der Waals surface area contributed by atoms with Crippen molar-refractivity contribution in [2.24, 2.45) is 0 Å². The molecular formula is C5H6O4. The molecule has 0 atom stereocenters. The zero-order chi connectivity index (χ0) is 6.69. The smallest absolute Gasteiger partial charge is 0.374 e. The van der Waals surface area contributed by atoms with Gasteiger partial charge in [-0.3, -0.25) is 0 Å². The minimum absolute atomic E-state index is 0.124. The van der Waals surface area contributed by atoms with Gasteiger partial charge in [-0.05, 0) is 0 Å². The quantitative estimate of drug-likeness (QED) is 0.541. The second-order valence-electron chi connectivity index (χ2n) is 1.51. The van der Waals surface area contributed by atoms with E-state index in [1.807, 2.05) is 0 Å². The molecule has 0 saturated heterocycles. The van der Waals surface area contributed by atoms with Crippen molar-refractivity contribution in [2.75, 3.05) is 13.2 Å². The maximum atomic E-state index is 10.1. The molecule has 1 rings (SSSR count). The van der Waals surface area contributed by atoms with Crippen LogP contribution in [0.5, 0.6) is 0 Å². The first-order chi connectivity index (χ1) is 4.30. The van der Waals surface area contributed by atoms with Gasteiger partial charge in [0.05, 0.1) is 0 Å². The summed E-state index contributed by atoms with van der Waals surface area (Å²) in [6.45, 7) is 0.745. The van der Waals surface area contributed by atoms with Gasteiger partial charge in [0.1, 0.15) is 19.5 Å². The van der Waals surface area contributed by atoms with Crippen molar-refractivity contribution in [3.05, 3.63) is 12.0 Å². The van der Waals surface area contributed by atoms with Gasteiger partial charge in [0.2, 0.25) is 5.76 Å². The second kappa shape index (κ2) is 2.39. The molecule has 0 amide bonds. The molecule has 0 bridgehead atoms. The molecule has 1 aliphatic rings. The van der Waals surface area contributed by atoms with Crippen LogP contribution in [-0.4, -0.2) is 24.3 Å². The molecule has 0 unspecified atom stereocenters. The van der Waals surface area contributed by atoms with Gasteiger partial charge in [0.25, 0.3) is 0 Å². The van der Waals surface area contributed by atoms with Gasteiger partial charge in [-0.1, -0.05) is 0 Å². The third-order valence-corrected chi connectivity index (χ3v) is 0.860. The molecule has 0 aromatic rings. The number of carbonyl (C=O) groups is 1. The molecule has 0 aromatic heterocycles. The summed E-state index contributed by atoms with van der Waals surface area (Å²) in [5.74, 6) is -1.21. The molecule has 1 N–H and O–H groups in total. The standard InChI is InChI=1S/C5H6O4/c6-5(7)4-3-8-1-2-9-4/h3H,1-2H2,(H,6,7). The van der Waals surface area contributed by atoms with Crippen molar-refractivity contribution in [2.45, 2.75) is 0 Å². The van der Waals surface area contributed by atoms with Gasteiger partial charge in [0.15, 0.2) is 0 Å². The van der Waals surface area contributed by atoms with E-state index in [0.29, 0.717) is 13.2 Å². The van der Waals surface area contributed by atoms with Crippen molar-refractivity contribution in [3.8, 4) is 0 Å². The summed E-state index contributed by atoms with van der Waals surface area (Å²) in [6, 6.07) is 0. The summed E-state index contributed by atoms with van der Waals surface area (Å²) in [5, 5.41) is 8.26. The summed E-state index contributed by atoms with van der Waals surface area (Å²) < 4.78 is 9.35. The average Bonchev–Trinajstić information content (AvgIpc) is 1.90. The lowest BCUT2D eigenvalue weighted by Crippen LogP contribution is -2.14. The Balaban J connectivity index is 2.57. The van der Waals surface area contributed by atoms with Crippen LogP contribution in [0.2, 0.25) is 0 Å². The average molecular weight is 130 g/mol. The number of ether oxygens (including phenoxy) is 2. The molecule has 0 spiro atoms. The molecule has 0 aromatic carbocycles. The zero-order valence-electron chi connectivity index (χ0n) is 4.66. The Labute approximate surface area is 51.7 Å². The van der Waals surface area contributed by atoms with Crippen molar-refractivity contribution in [1.29, 1.82) is 0 Å². The summed E-state index contributed by atoms with van der Waals surface area (Å²) in [5.41, 5.74) is 0. The predicted octanol–water partition coefficient (Wildman–Crippen LogP) is -0.0408. The predicted molar refractivity (Wildman–Crippen MR) is 27.6 cm³/mol.